The molecule has 0 bridgehead atoms. The molecule has 0 saturated carbocycles. The predicted octanol–water partition coefficient (Wildman–Crippen LogP) is 9.63. The molecule has 0 spiro atoms. The van der Waals surface area contributed by atoms with Gasteiger partial charge in [-0.3, -0.25) is 4.79 Å². The Hall–Kier alpha value is -0.650. The van der Waals surface area contributed by atoms with Crippen LogP contribution in [0.1, 0.15) is 174 Å². The Kier molecular flexibility index (Phi) is 32.3. The normalized spacial score (nSPS) is 11.7. The maximum atomic E-state index is 12.6. The van der Waals surface area contributed by atoms with E-state index in [1.54, 1.807) is 7.11 Å². The molecule has 5 heteroatoms. The SMILES string of the molecule is CCCCCCCCC(CCCCCCCC)OC(=O)CCCCCCCN(CCO)CCCCCCCOC. The maximum absolute atomic E-state index is 12.6. The second-order valence-electron chi connectivity index (χ2n) is 12.1. The minimum absolute atomic E-state index is 0.0262. The Labute approximate surface area is 250 Å². The topological polar surface area (TPSA) is 59.0 Å². The summed E-state index contributed by atoms with van der Waals surface area (Å²) in [6.45, 7) is 8.59. The lowest BCUT2D eigenvalue weighted by molar-refractivity contribution is -0.150. The molecule has 0 unspecified atom stereocenters. The highest BCUT2D eigenvalue weighted by molar-refractivity contribution is 5.69. The molecule has 0 aromatic carbocycles. The summed E-state index contributed by atoms with van der Waals surface area (Å²) in [6.07, 6.45) is 30.1. The number of aliphatic hydroxyl groups is 1. The number of hydrogen-bond acceptors (Lipinski definition) is 5. The van der Waals surface area contributed by atoms with Crippen molar-refractivity contribution in [2.45, 2.75) is 180 Å². The summed E-state index contributed by atoms with van der Waals surface area (Å²) >= 11 is 0. The van der Waals surface area contributed by atoms with Gasteiger partial charge in [-0.25, -0.2) is 0 Å². The monoisotopic (exact) mass is 570 g/mol. The number of rotatable bonds is 33. The highest BCUT2D eigenvalue weighted by Gasteiger charge is 2.14. The van der Waals surface area contributed by atoms with Crippen LogP contribution in [0.3, 0.4) is 0 Å². The number of hydrogen-bond donors (Lipinski definition) is 1. The van der Waals surface area contributed by atoms with Gasteiger partial charge in [-0.2, -0.15) is 0 Å². The second kappa shape index (κ2) is 32.9. The van der Waals surface area contributed by atoms with Crippen LogP contribution in [0, 0.1) is 0 Å². The third-order valence-corrected chi connectivity index (χ3v) is 8.15. The van der Waals surface area contributed by atoms with E-state index in [0.29, 0.717) is 6.42 Å². The zero-order chi connectivity index (χ0) is 29.4. The smallest absolute Gasteiger partial charge is 0.306 e. The van der Waals surface area contributed by atoms with E-state index in [2.05, 4.69) is 18.7 Å². The van der Waals surface area contributed by atoms with Gasteiger partial charge in [0.05, 0.1) is 6.61 Å². The van der Waals surface area contributed by atoms with Crippen molar-refractivity contribution in [2.75, 3.05) is 40.0 Å². The molecule has 0 saturated heterocycles. The summed E-state index contributed by atoms with van der Waals surface area (Å²) in [6, 6.07) is 0. The summed E-state index contributed by atoms with van der Waals surface area (Å²) in [5.41, 5.74) is 0. The van der Waals surface area contributed by atoms with E-state index in [1.165, 1.54) is 122 Å². The van der Waals surface area contributed by atoms with Crippen LogP contribution in [-0.4, -0.2) is 62.0 Å². The van der Waals surface area contributed by atoms with Crippen molar-refractivity contribution < 1.29 is 19.4 Å². The average Bonchev–Trinajstić information content (AvgIpc) is 2.95. The van der Waals surface area contributed by atoms with Gasteiger partial charge in [0.1, 0.15) is 6.10 Å². The Balaban J connectivity index is 4.03. The highest BCUT2D eigenvalue weighted by atomic mass is 16.5. The number of methoxy groups -OCH3 is 1. The summed E-state index contributed by atoms with van der Waals surface area (Å²) in [5, 5.41) is 9.41. The first-order chi connectivity index (χ1) is 19.7. The van der Waals surface area contributed by atoms with Gasteiger partial charge >= 0.3 is 5.97 Å². The second-order valence-corrected chi connectivity index (χ2v) is 12.1. The zero-order valence-corrected chi connectivity index (χ0v) is 27.4. The molecule has 0 heterocycles. The highest BCUT2D eigenvalue weighted by Crippen LogP contribution is 2.18. The molecule has 0 aromatic heterocycles. The Morgan fingerprint density at radius 1 is 0.600 bits per heavy atom. The first-order valence-electron chi connectivity index (χ1n) is 17.7. The molecule has 0 aliphatic heterocycles. The van der Waals surface area contributed by atoms with Crippen molar-refractivity contribution in [3.8, 4) is 0 Å². The van der Waals surface area contributed by atoms with E-state index in [9.17, 15) is 9.90 Å². The van der Waals surface area contributed by atoms with E-state index in [0.717, 1.165) is 58.3 Å². The number of esters is 1. The number of ether oxygens (including phenoxy) is 2. The average molecular weight is 570 g/mol. The molecule has 0 atom stereocenters. The molecule has 5 nitrogen and oxygen atoms in total. The summed E-state index contributed by atoms with van der Waals surface area (Å²) in [5.74, 6) is 0.0262. The van der Waals surface area contributed by atoms with Gasteiger partial charge in [0.15, 0.2) is 0 Å². The number of nitrogens with zero attached hydrogens (tertiary/aromatic N) is 1. The summed E-state index contributed by atoms with van der Waals surface area (Å²) in [7, 11) is 1.77. The van der Waals surface area contributed by atoms with Crippen LogP contribution in [0.15, 0.2) is 0 Å². The van der Waals surface area contributed by atoms with Crippen molar-refractivity contribution in [1.29, 1.82) is 0 Å². The lowest BCUT2D eigenvalue weighted by Crippen LogP contribution is -2.29. The molecule has 0 fully saturated rings. The number of carbonyl (C=O) groups is 1. The van der Waals surface area contributed by atoms with Gasteiger partial charge < -0.3 is 19.5 Å². The van der Waals surface area contributed by atoms with Crippen LogP contribution >= 0.6 is 0 Å². The Morgan fingerprint density at radius 3 is 1.55 bits per heavy atom. The number of unbranched alkanes of at least 4 members (excludes halogenated alkanes) is 18. The third-order valence-electron chi connectivity index (χ3n) is 8.15. The molecule has 0 rings (SSSR count). The van der Waals surface area contributed by atoms with Gasteiger partial charge in [0.2, 0.25) is 0 Å². The minimum atomic E-state index is 0.0262. The van der Waals surface area contributed by atoms with E-state index in [1.807, 2.05) is 0 Å². The molecule has 40 heavy (non-hydrogen) atoms. The molecule has 0 aliphatic rings. The van der Waals surface area contributed by atoms with Crippen molar-refractivity contribution in [3.63, 3.8) is 0 Å². The van der Waals surface area contributed by atoms with Gasteiger partial charge in [0, 0.05) is 26.7 Å². The molecule has 1 N–H and O–H groups in total. The van der Waals surface area contributed by atoms with Gasteiger partial charge in [0.25, 0.3) is 0 Å². The third kappa shape index (κ3) is 28.9. The minimum Gasteiger partial charge on any atom is -0.462 e. The van der Waals surface area contributed by atoms with E-state index >= 15 is 0 Å². The fourth-order valence-corrected chi connectivity index (χ4v) is 5.54. The fourth-order valence-electron chi connectivity index (χ4n) is 5.54. The van der Waals surface area contributed by atoms with Crippen LogP contribution in [0.5, 0.6) is 0 Å². The van der Waals surface area contributed by atoms with Crippen LogP contribution in [0.25, 0.3) is 0 Å². The molecule has 0 amide bonds. The quantitative estimate of drug-likeness (QED) is 0.0630. The molecular weight excluding hydrogens is 498 g/mol. The predicted molar refractivity (Wildman–Crippen MR) is 172 cm³/mol. The standard InChI is InChI=1S/C35H71NO4/c1-4-6-8-10-14-20-26-34(27-21-15-11-9-7-5-2)40-35(38)28-22-16-12-17-23-29-36(31-32-37)30-24-18-13-19-25-33-39-3/h34,37H,4-33H2,1-3H3. The van der Waals surface area contributed by atoms with E-state index < -0.39 is 0 Å². The summed E-state index contributed by atoms with van der Waals surface area (Å²) in [4.78, 5) is 15.0. The molecule has 240 valence electrons. The van der Waals surface area contributed by atoms with Gasteiger partial charge in [-0.05, 0) is 64.5 Å². The number of carbonyl (C=O) groups excluding carboxylic acids is 1. The first kappa shape index (κ1) is 39.4. The van der Waals surface area contributed by atoms with Crippen molar-refractivity contribution in [1.82, 2.24) is 4.90 Å². The Morgan fingerprint density at radius 2 is 1.05 bits per heavy atom. The van der Waals surface area contributed by atoms with Gasteiger partial charge in [-0.1, -0.05) is 117 Å². The lowest BCUT2D eigenvalue weighted by Gasteiger charge is -2.21. The maximum Gasteiger partial charge on any atom is 0.306 e. The largest absolute Gasteiger partial charge is 0.462 e. The molecular formula is C35H71NO4. The summed E-state index contributed by atoms with van der Waals surface area (Å²) < 4.78 is 11.1. The Bertz CT molecular complexity index is 486. The van der Waals surface area contributed by atoms with Crippen LogP contribution in [0.2, 0.25) is 0 Å². The van der Waals surface area contributed by atoms with E-state index in [4.69, 9.17) is 9.47 Å². The number of aliphatic hydroxyl groups excluding tert-OH is 1. The fraction of sp³-hybridized carbons (Fsp3) is 0.971. The molecule has 0 aromatic rings. The molecule has 0 aliphatic carbocycles. The van der Waals surface area contributed by atoms with Crippen LogP contribution in [0.4, 0.5) is 0 Å². The zero-order valence-electron chi connectivity index (χ0n) is 27.4. The van der Waals surface area contributed by atoms with Crippen LogP contribution in [-0.2, 0) is 14.3 Å². The lowest BCUT2D eigenvalue weighted by atomic mass is 10.0. The van der Waals surface area contributed by atoms with E-state index in [-0.39, 0.29) is 18.7 Å². The van der Waals surface area contributed by atoms with Crippen molar-refractivity contribution >= 4 is 5.97 Å². The molecule has 0 radical (unpaired) electrons. The van der Waals surface area contributed by atoms with Crippen LogP contribution < -0.4 is 0 Å². The van der Waals surface area contributed by atoms with Crippen molar-refractivity contribution in [2.24, 2.45) is 0 Å². The van der Waals surface area contributed by atoms with Crippen molar-refractivity contribution in [3.05, 3.63) is 0 Å². The van der Waals surface area contributed by atoms with Gasteiger partial charge in [-0.15, -0.1) is 0 Å². The first-order valence-corrected chi connectivity index (χ1v) is 17.7.